The van der Waals surface area contributed by atoms with E-state index in [9.17, 15) is 9.59 Å². The van der Waals surface area contributed by atoms with Crippen LogP contribution in [-0.2, 0) is 9.59 Å². The van der Waals surface area contributed by atoms with E-state index in [1.165, 1.54) is 55.9 Å². The zero-order valence-corrected chi connectivity index (χ0v) is 17.8. The maximum atomic E-state index is 12.3. The minimum absolute atomic E-state index is 0.0736. The van der Waals surface area contributed by atoms with Crippen LogP contribution >= 0.6 is 11.3 Å². The zero-order valence-electron chi connectivity index (χ0n) is 16.9. The van der Waals surface area contributed by atoms with Gasteiger partial charge in [-0.15, -0.1) is 0 Å². The van der Waals surface area contributed by atoms with Gasteiger partial charge in [0.05, 0.1) is 10.2 Å². The second-order valence-corrected chi connectivity index (χ2v) is 8.65. The van der Waals surface area contributed by atoms with Crippen LogP contribution in [-0.4, -0.2) is 23.4 Å². The van der Waals surface area contributed by atoms with E-state index in [1.807, 2.05) is 24.3 Å². The Morgan fingerprint density at radius 2 is 1.83 bits per heavy atom. The second kappa shape index (κ2) is 9.26. The number of aromatic nitrogens is 1. The number of carbonyl (C=O) groups excluding carboxylic acids is 2. The molecule has 0 unspecified atom stereocenters. The summed E-state index contributed by atoms with van der Waals surface area (Å²) in [7, 11) is 0. The SMILES string of the molecule is CC(=O)Nc1ccc2nc(NC(=O)COc3ccc(C4CCCCC4)cc3)sc2c1. The van der Waals surface area contributed by atoms with Gasteiger partial charge in [-0.05, 0) is 54.7 Å². The largest absolute Gasteiger partial charge is 0.484 e. The summed E-state index contributed by atoms with van der Waals surface area (Å²) in [5, 5.41) is 6.03. The summed E-state index contributed by atoms with van der Waals surface area (Å²) >= 11 is 1.36. The maximum absolute atomic E-state index is 12.3. The van der Waals surface area contributed by atoms with Crippen LogP contribution in [0.15, 0.2) is 42.5 Å². The fourth-order valence-corrected chi connectivity index (χ4v) is 4.76. The molecule has 30 heavy (non-hydrogen) atoms. The lowest BCUT2D eigenvalue weighted by atomic mass is 9.84. The maximum Gasteiger partial charge on any atom is 0.264 e. The van der Waals surface area contributed by atoms with E-state index in [0.29, 0.717) is 22.5 Å². The summed E-state index contributed by atoms with van der Waals surface area (Å²) < 4.78 is 6.52. The monoisotopic (exact) mass is 423 g/mol. The van der Waals surface area contributed by atoms with E-state index in [2.05, 4.69) is 27.8 Å². The number of amides is 2. The van der Waals surface area contributed by atoms with Crippen LogP contribution in [0.3, 0.4) is 0 Å². The van der Waals surface area contributed by atoms with E-state index in [4.69, 9.17) is 4.74 Å². The number of fused-ring (bicyclic) bond motifs is 1. The van der Waals surface area contributed by atoms with Crippen LogP contribution in [0.4, 0.5) is 10.8 Å². The molecule has 3 aromatic rings. The molecular formula is C23H25N3O3S. The first-order chi connectivity index (χ1) is 14.6. The molecule has 156 valence electrons. The zero-order chi connectivity index (χ0) is 20.9. The van der Waals surface area contributed by atoms with Crippen molar-refractivity contribution in [3.63, 3.8) is 0 Å². The highest BCUT2D eigenvalue weighted by atomic mass is 32.1. The Morgan fingerprint density at radius 1 is 1.07 bits per heavy atom. The number of rotatable bonds is 6. The van der Waals surface area contributed by atoms with Crippen LogP contribution in [0.25, 0.3) is 10.2 Å². The Hall–Kier alpha value is -2.93. The first-order valence-electron chi connectivity index (χ1n) is 10.3. The van der Waals surface area contributed by atoms with E-state index >= 15 is 0 Å². The van der Waals surface area contributed by atoms with Crippen LogP contribution in [0.5, 0.6) is 5.75 Å². The summed E-state index contributed by atoms with van der Waals surface area (Å²) in [6.45, 7) is 1.39. The molecule has 1 aliphatic rings. The van der Waals surface area contributed by atoms with Gasteiger partial charge in [-0.1, -0.05) is 42.7 Å². The summed E-state index contributed by atoms with van der Waals surface area (Å²) in [5.74, 6) is 0.957. The topological polar surface area (TPSA) is 80.3 Å². The first kappa shape index (κ1) is 20.3. The van der Waals surface area contributed by atoms with Gasteiger partial charge in [-0.3, -0.25) is 14.9 Å². The third-order valence-corrected chi connectivity index (χ3v) is 6.22. The van der Waals surface area contributed by atoms with Crippen molar-refractivity contribution in [1.82, 2.24) is 4.98 Å². The van der Waals surface area contributed by atoms with Gasteiger partial charge < -0.3 is 10.1 Å². The quantitative estimate of drug-likeness (QED) is 0.562. The van der Waals surface area contributed by atoms with Crippen molar-refractivity contribution in [2.45, 2.75) is 44.9 Å². The lowest BCUT2D eigenvalue weighted by Crippen LogP contribution is -2.20. The third-order valence-electron chi connectivity index (χ3n) is 5.28. The van der Waals surface area contributed by atoms with E-state index in [-0.39, 0.29) is 18.4 Å². The molecule has 2 amide bonds. The number of nitrogens with one attached hydrogen (secondary N) is 2. The van der Waals surface area contributed by atoms with Gasteiger partial charge in [-0.25, -0.2) is 4.98 Å². The molecule has 2 aromatic carbocycles. The van der Waals surface area contributed by atoms with Crippen LogP contribution in [0.2, 0.25) is 0 Å². The molecule has 1 aromatic heterocycles. The van der Waals surface area contributed by atoms with Crippen LogP contribution in [0.1, 0.15) is 50.5 Å². The fraction of sp³-hybridized carbons (Fsp3) is 0.348. The minimum Gasteiger partial charge on any atom is -0.484 e. The molecule has 0 bridgehead atoms. The van der Waals surface area contributed by atoms with Crippen molar-refractivity contribution in [2.24, 2.45) is 0 Å². The lowest BCUT2D eigenvalue weighted by molar-refractivity contribution is -0.118. The summed E-state index contributed by atoms with van der Waals surface area (Å²) in [4.78, 5) is 27.9. The molecular weight excluding hydrogens is 398 g/mol. The molecule has 1 saturated carbocycles. The second-order valence-electron chi connectivity index (χ2n) is 7.62. The molecule has 1 heterocycles. The Balaban J connectivity index is 1.31. The molecule has 7 heteroatoms. The highest BCUT2D eigenvalue weighted by Gasteiger charge is 2.15. The molecule has 0 spiro atoms. The number of hydrogen-bond donors (Lipinski definition) is 2. The summed E-state index contributed by atoms with van der Waals surface area (Å²) in [6, 6.07) is 13.6. The van der Waals surface area contributed by atoms with Gasteiger partial charge in [0.15, 0.2) is 11.7 Å². The summed E-state index contributed by atoms with van der Waals surface area (Å²) in [5.41, 5.74) is 2.83. The van der Waals surface area contributed by atoms with E-state index in [0.717, 1.165) is 10.2 Å². The predicted octanol–water partition coefficient (Wildman–Crippen LogP) is 5.32. The van der Waals surface area contributed by atoms with Crippen molar-refractivity contribution in [3.8, 4) is 5.75 Å². The smallest absolute Gasteiger partial charge is 0.264 e. The van der Waals surface area contributed by atoms with Gasteiger partial charge in [-0.2, -0.15) is 0 Å². The molecule has 0 atom stereocenters. The Kier molecular flexibility index (Phi) is 6.28. The van der Waals surface area contributed by atoms with E-state index in [1.54, 1.807) is 6.07 Å². The van der Waals surface area contributed by atoms with E-state index < -0.39 is 0 Å². The standard InChI is InChI=1S/C23H25N3O3S/c1-15(27)24-18-9-12-20-21(13-18)30-23(25-20)26-22(28)14-29-19-10-7-17(8-11-19)16-5-3-2-4-6-16/h7-13,16H,2-6,14H2,1H3,(H,24,27)(H,25,26,28). The first-order valence-corrected chi connectivity index (χ1v) is 11.1. The Morgan fingerprint density at radius 3 is 2.57 bits per heavy atom. The number of thiazole rings is 1. The minimum atomic E-state index is -0.257. The number of nitrogens with zero attached hydrogens (tertiary/aromatic N) is 1. The van der Waals surface area contributed by atoms with Gasteiger partial charge in [0, 0.05) is 12.6 Å². The van der Waals surface area contributed by atoms with Gasteiger partial charge >= 0.3 is 0 Å². The molecule has 0 radical (unpaired) electrons. The average Bonchev–Trinajstić information content (AvgIpc) is 3.14. The molecule has 1 fully saturated rings. The molecule has 2 N–H and O–H groups in total. The Bertz CT molecular complexity index is 1040. The van der Waals surface area contributed by atoms with Crippen molar-refractivity contribution in [1.29, 1.82) is 0 Å². The normalized spacial score (nSPS) is 14.4. The highest BCUT2D eigenvalue weighted by molar-refractivity contribution is 7.22. The summed E-state index contributed by atoms with van der Waals surface area (Å²) in [6.07, 6.45) is 6.49. The van der Waals surface area contributed by atoms with Crippen LogP contribution in [0, 0.1) is 0 Å². The van der Waals surface area contributed by atoms with Crippen molar-refractivity contribution >= 4 is 44.2 Å². The molecule has 4 rings (SSSR count). The lowest BCUT2D eigenvalue weighted by Gasteiger charge is -2.22. The van der Waals surface area contributed by atoms with Crippen molar-refractivity contribution in [2.75, 3.05) is 17.2 Å². The number of ether oxygens (including phenoxy) is 1. The number of benzene rings is 2. The van der Waals surface area contributed by atoms with Gasteiger partial charge in [0.25, 0.3) is 5.91 Å². The van der Waals surface area contributed by atoms with Gasteiger partial charge in [0.2, 0.25) is 5.91 Å². The number of hydrogen-bond acceptors (Lipinski definition) is 5. The average molecular weight is 424 g/mol. The van der Waals surface area contributed by atoms with Crippen molar-refractivity contribution in [3.05, 3.63) is 48.0 Å². The molecule has 0 saturated heterocycles. The predicted molar refractivity (Wildman–Crippen MR) is 120 cm³/mol. The van der Waals surface area contributed by atoms with Crippen molar-refractivity contribution < 1.29 is 14.3 Å². The molecule has 6 nitrogen and oxygen atoms in total. The van der Waals surface area contributed by atoms with Gasteiger partial charge in [0.1, 0.15) is 5.75 Å². The molecule has 1 aliphatic carbocycles. The fourth-order valence-electron chi connectivity index (χ4n) is 3.84. The number of carbonyl (C=O) groups is 2. The number of anilines is 2. The Labute approximate surface area is 179 Å². The highest BCUT2D eigenvalue weighted by Crippen LogP contribution is 2.33. The van der Waals surface area contributed by atoms with Crippen LogP contribution < -0.4 is 15.4 Å². The third kappa shape index (κ3) is 5.16. The molecule has 0 aliphatic heterocycles.